The molecular formula is C14H30N2. The predicted molar refractivity (Wildman–Crippen MR) is 71.8 cm³/mol. The molecule has 1 fully saturated rings. The van der Waals surface area contributed by atoms with Crippen molar-refractivity contribution >= 4 is 0 Å². The molecule has 0 radical (unpaired) electrons. The van der Waals surface area contributed by atoms with E-state index < -0.39 is 0 Å². The number of rotatable bonds is 7. The van der Waals surface area contributed by atoms with E-state index >= 15 is 0 Å². The van der Waals surface area contributed by atoms with Crippen LogP contribution in [0.3, 0.4) is 0 Å². The normalized spacial score (nSPS) is 19.5. The molecule has 0 amide bonds. The van der Waals surface area contributed by atoms with Crippen molar-refractivity contribution in [2.24, 2.45) is 5.92 Å². The summed E-state index contributed by atoms with van der Waals surface area (Å²) >= 11 is 0. The van der Waals surface area contributed by atoms with Gasteiger partial charge in [0.1, 0.15) is 0 Å². The van der Waals surface area contributed by atoms with Crippen molar-refractivity contribution in [1.82, 2.24) is 10.2 Å². The molecule has 0 aromatic rings. The second-order valence-corrected chi connectivity index (χ2v) is 5.15. The summed E-state index contributed by atoms with van der Waals surface area (Å²) in [6.45, 7) is 12.0. The van der Waals surface area contributed by atoms with E-state index in [0.29, 0.717) is 0 Å². The number of piperidine rings is 1. The number of hydrogen-bond donors (Lipinski definition) is 1. The molecule has 0 aliphatic carbocycles. The lowest BCUT2D eigenvalue weighted by Crippen LogP contribution is -2.42. The second kappa shape index (κ2) is 8.08. The highest BCUT2D eigenvalue weighted by atomic mass is 15.2. The molecule has 16 heavy (non-hydrogen) atoms. The van der Waals surface area contributed by atoms with Crippen molar-refractivity contribution in [2.45, 2.75) is 58.9 Å². The van der Waals surface area contributed by atoms with Gasteiger partial charge >= 0.3 is 0 Å². The van der Waals surface area contributed by atoms with E-state index in [4.69, 9.17) is 0 Å². The molecule has 1 saturated heterocycles. The van der Waals surface area contributed by atoms with E-state index in [-0.39, 0.29) is 0 Å². The number of nitrogens with one attached hydrogen (secondary N) is 1. The fourth-order valence-corrected chi connectivity index (χ4v) is 2.81. The maximum Gasteiger partial charge on any atom is 0.00900 e. The van der Waals surface area contributed by atoms with Crippen molar-refractivity contribution in [3.63, 3.8) is 0 Å². The van der Waals surface area contributed by atoms with Crippen LogP contribution in [0.15, 0.2) is 0 Å². The quantitative estimate of drug-likeness (QED) is 0.672. The Morgan fingerprint density at radius 2 is 1.75 bits per heavy atom. The first-order valence-corrected chi connectivity index (χ1v) is 7.26. The number of nitrogens with zero attached hydrogens (tertiary/aromatic N) is 1. The van der Waals surface area contributed by atoms with E-state index in [2.05, 4.69) is 31.0 Å². The van der Waals surface area contributed by atoms with Gasteiger partial charge in [-0.25, -0.2) is 0 Å². The van der Waals surface area contributed by atoms with Gasteiger partial charge in [-0.3, -0.25) is 0 Å². The molecule has 96 valence electrons. The van der Waals surface area contributed by atoms with Gasteiger partial charge in [-0.2, -0.15) is 0 Å². The molecule has 1 heterocycles. The van der Waals surface area contributed by atoms with Crippen LogP contribution in [0.2, 0.25) is 0 Å². The Hall–Kier alpha value is -0.0800. The molecule has 0 bridgehead atoms. The minimum absolute atomic E-state index is 0.838. The smallest absolute Gasteiger partial charge is 0.00900 e. The summed E-state index contributed by atoms with van der Waals surface area (Å²) in [6.07, 6.45) is 6.68. The Bertz CT molecular complexity index is 158. The maximum atomic E-state index is 3.56. The largest absolute Gasteiger partial charge is 0.316 e. The maximum absolute atomic E-state index is 3.56. The highest BCUT2D eigenvalue weighted by Gasteiger charge is 2.22. The van der Waals surface area contributed by atoms with E-state index in [1.165, 1.54) is 58.3 Å². The molecule has 0 saturated carbocycles. The van der Waals surface area contributed by atoms with E-state index in [1.807, 2.05) is 0 Å². The van der Waals surface area contributed by atoms with Crippen LogP contribution in [0.5, 0.6) is 0 Å². The minimum atomic E-state index is 0.838. The Balaban J connectivity index is 2.17. The van der Waals surface area contributed by atoms with Gasteiger partial charge in [0.25, 0.3) is 0 Å². The van der Waals surface area contributed by atoms with E-state index in [0.717, 1.165) is 12.0 Å². The van der Waals surface area contributed by atoms with Crippen LogP contribution in [0.4, 0.5) is 0 Å². The summed E-state index contributed by atoms with van der Waals surface area (Å²) in [6, 6.07) is 0.838. The van der Waals surface area contributed by atoms with Crippen molar-refractivity contribution in [3.05, 3.63) is 0 Å². The third kappa shape index (κ3) is 4.42. The first-order valence-electron chi connectivity index (χ1n) is 7.26. The summed E-state index contributed by atoms with van der Waals surface area (Å²) in [5, 5.41) is 3.56. The van der Waals surface area contributed by atoms with Crippen molar-refractivity contribution in [2.75, 3.05) is 26.2 Å². The predicted octanol–water partition coefficient (Wildman–Crippen LogP) is 2.89. The Morgan fingerprint density at radius 3 is 2.25 bits per heavy atom. The van der Waals surface area contributed by atoms with Crippen LogP contribution in [0.25, 0.3) is 0 Å². The standard InChI is InChI=1S/C14H30N2/c1-4-9-15-12-13-7-10-16(11-8-13)14(5-2)6-3/h13-15H,4-12H2,1-3H3. The lowest BCUT2D eigenvalue weighted by molar-refractivity contribution is 0.125. The Kier molecular flexibility index (Phi) is 7.06. The summed E-state index contributed by atoms with van der Waals surface area (Å²) in [4.78, 5) is 2.70. The summed E-state index contributed by atoms with van der Waals surface area (Å²) < 4.78 is 0. The van der Waals surface area contributed by atoms with Gasteiger partial charge in [-0.05, 0) is 64.2 Å². The summed E-state index contributed by atoms with van der Waals surface area (Å²) in [5.74, 6) is 0.928. The highest BCUT2D eigenvalue weighted by Crippen LogP contribution is 2.20. The van der Waals surface area contributed by atoms with Gasteiger partial charge in [-0.1, -0.05) is 20.8 Å². The molecule has 0 spiro atoms. The molecular weight excluding hydrogens is 196 g/mol. The third-order valence-corrected chi connectivity index (χ3v) is 3.97. The van der Waals surface area contributed by atoms with Gasteiger partial charge in [0.2, 0.25) is 0 Å². The Morgan fingerprint density at radius 1 is 1.12 bits per heavy atom. The van der Waals surface area contributed by atoms with Gasteiger partial charge < -0.3 is 10.2 Å². The van der Waals surface area contributed by atoms with Crippen molar-refractivity contribution in [3.8, 4) is 0 Å². The lowest BCUT2D eigenvalue weighted by atomic mass is 9.94. The monoisotopic (exact) mass is 226 g/mol. The molecule has 0 aromatic carbocycles. The average Bonchev–Trinajstić information content (AvgIpc) is 2.33. The van der Waals surface area contributed by atoms with Gasteiger partial charge in [0.05, 0.1) is 0 Å². The van der Waals surface area contributed by atoms with Crippen LogP contribution in [-0.2, 0) is 0 Å². The number of hydrogen-bond acceptors (Lipinski definition) is 2. The molecule has 0 aromatic heterocycles. The van der Waals surface area contributed by atoms with Crippen molar-refractivity contribution < 1.29 is 0 Å². The highest BCUT2D eigenvalue weighted by molar-refractivity contribution is 4.78. The number of likely N-dealkylation sites (tertiary alicyclic amines) is 1. The molecule has 1 rings (SSSR count). The fourth-order valence-electron chi connectivity index (χ4n) is 2.81. The van der Waals surface area contributed by atoms with Gasteiger partial charge in [-0.15, -0.1) is 0 Å². The van der Waals surface area contributed by atoms with Crippen LogP contribution < -0.4 is 5.32 Å². The van der Waals surface area contributed by atoms with Crippen LogP contribution in [-0.4, -0.2) is 37.1 Å². The first-order chi connectivity index (χ1) is 7.81. The molecule has 0 atom stereocenters. The van der Waals surface area contributed by atoms with Crippen LogP contribution >= 0.6 is 0 Å². The van der Waals surface area contributed by atoms with E-state index in [9.17, 15) is 0 Å². The zero-order valence-electron chi connectivity index (χ0n) is 11.5. The fraction of sp³-hybridized carbons (Fsp3) is 1.00. The SMILES string of the molecule is CCCNCC1CCN(C(CC)CC)CC1. The topological polar surface area (TPSA) is 15.3 Å². The summed E-state index contributed by atoms with van der Waals surface area (Å²) in [7, 11) is 0. The zero-order chi connectivity index (χ0) is 11.8. The molecule has 1 N–H and O–H groups in total. The molecule has 2 nitrogen and oxygen atoms in total. The first kappa shape index (κ1) is 14.0. The average molecular weight is 226 g/mol. The van der Waals surface area contributed by atoms with E-state index in [1.54, 1.807) is 0 Å². The van der Waals surface area contributed by atoms with Gasteiger partial charge in [0, 0.05) is 6.04 Å². The molecule has 1 aliphatic rings. The second-order valence-electron chi connectivity index (χ2n) is 5.15. The van der Waals surface area contributed by atoms with Gasteiger partial charge in [0.15, 0.2) is 0 Å². The molecule has 2 heteroatoms. The molecule has 1 aliphatic heterocycles. The Labute approximate surface area is 102 Å². The van der Waals surface area contributed by atoms with Crippen LogP contribution in [0, 0.1) is 5.92 Å². The lowest BCUT2D eigenvalue weighted by Gasteiger charge is -2.37. The van der Waals surface area contributed by atoms with Crippen LogP contribution in [0.1, 0.15) is 52.9 Å². The summed E-state index contributed by atoms with van der Waals surface area (Å²) in [5.41, 5.74) is 0. The van der Waals surface area contributed by atoms with Crippen molar-refractivity contribution in [1.29, 1.82) is 0 Å². The zero-order valence-corrected chi connectivity index (χ0v) is 11.5. The minimum Gasteiger partial charge on any atom is -0.316 e. The molecule has 0 unspecified atom stereocenters. The third-order valence-electron chi connectivity index (χ3n) is 3.97.